The van der Waals surface area contributed by atoms with Gasteiger partial charge in [0.05, 0.1) is 5.69 Å². The number of benzene rings is 1. The van der Waals surface area contributed by atoms with Gasteiger partial charge in [-0.05, 0) is 19.2 Å². The first-order valence-corrected chi connectivity index (χ1v) is 6.13. The summed E-state index contributed by atoms with van der Waals surface area (Å²) in [5, 5.41) is 5.95. The third-order valence-electron chi connectivity index (χ3n) is 2.14. The molecular formula is C12H13FN2OS. The van der Waals surface area contributed by atoms with E-state index in [9.17, 15) is 4.39 Å². The van der Waals surface area contributed by atoms with Crippen LogP contribution in [0.4, 0.5) is 4.39 Å². The Balaban J connectivity index is 1.95. The molecule has 3 nitrogen and oxygen atoms in total. The summed E-state index contributed by atoms with van der Waals surface area (Å²) >= 11 is 1.57. The number of nitrogens with one attached hydrogen (secondary N) is 1. The molecule has 1 aromatic carbocycles. The monoisotopic (exact) mass is 252 g/mol. The second kappa shape index (κ2) is 5.75. The van der Waals surface area contributed by atoms with Crippen molar-refractivity contribution < 1.29 is 9.13 Å². The molecule has 0 bridgehead atoms. The molecule has 1 aromatic heterocycles. The lowest BCUT2D eigenvalue weighted by atomic mass is 10.3. The van der Waals surface area contributed by atoms with Crippen molar-refractivity contribution in [2.45, 2.75) is 13.2 Å². The molecule has 0 spiro atoms. The lowest BCUT2D eigenvalue weighted by Crippen LogP contribution is -2.05. The quantitative estimate of drug-likeness (QED) is 0.888. The van der Waals surface area contributed by atoms with Crippen LogP contribution in [-0.2, 0) is 13.2 Å². The summed E-state index contributed by atoms with van der Waals surface area (Å²) in [6, 6.07) is 6.36. The molecule has 0 aliphatic heterocycles. The minimum absolute atomic E-state index is 0.260. The molecule has 0 atom stereocenters. The highest BCUT2D eigenvalue weighted by Crippen LogP contribution is 2.18. The molecule has 5 heteroatoms. The number of nitrogens with zero attached hydrogens (tertiary/aromatic N) is 1. The van der Waals surface area contributed by atoms with Crippen molar-refractivity contribution in [1.29, 1.82) is 0 Å². The molecule has 2 rings (SSSR count). The predicted molar refractivity (Wildman–Crippen MR) is 65.6 cm³/mol. The molecule has 0 unspecified atom stereocenters. The van der Waals surface area contributed by atoms with Crippen molar-refractivity contribution in [2.75, 3.05) is 7.05 Å². The first-order chi connectivity index (χ1) is 8.29. The number of halogens is 1. The van der Waals surface area contributed by atoms with Gasteiger partial charge in [0.25, 0.3) is 0 Å². The van der Waals surface area contributed by atoms with E-state index in [0.29, 0.717) is 6.61 Å². The molecule has 0 amide bonds. The second-order valence-electron chi connectivity index (χ2n) is 3.48. The van der Waals surface area contributed by atoms with Crippen LogP contribution in [0.25, 0.3) is 0 Å². The van der Waals surface area contributed by atoms with Gasteiger partial charge in [-0.15, -0.1) is 11.3 Å². The van der Waals surface area contributed by atoms with Gasteiger partial charge in [-0.3, -0.25) is 0 Å². The number of aromatic nitrogens is 1. The average Bonchev–Trinajstić information content (AvgIpc) is 2.76. The van der Waals surface area contributed by atoms with Crippen LogP contribution < -0.4 is 10.1 Å². The third-order valence-corrected chi connectivity index (χ3v) is 3.04. The van der Waals surface area contributed by atoms with E-state index >= 15 is 0 Å². The van der Waals surface area contributed by atoms with Crippen molar-refractivity contribution in [3.05, 3.63) is 46.2 Å². The van der Waals surface area contributed by atoms with E-state index in [4.69, 9.17) is 4.74 Å². The summed E-state index contributed by atoms with van der Waals surface area (Å²) in [5.74, 6) is -0.0890. The molecule has 0 saturated carbocycles. The molecule has 1 N–H and O–H groups in total. The van der Waals surface area contributed by atoms with E-state index in [1.54, 1.807) is 29.5 Å². The molecule has 0 saturated heterocycles. The number of rotatable bonds is 5. The van der Waals surface area contributed by atoms with E-state index in [1.807, 2.05) is 12.4 Å². The van der Waals surface area contributed by atoms with E-state index in [1.165, 1.54) is 6.07 Å². The Labute approximate surface area is 103 Å². The van der Waals surface area contributed by atoms with Gasteiger partial charge in [-0.2, -0.15) is 0 Å². The maximum atomic E-state index is 13.3. The van der Waals surface area contributed by atoms with Gasteiger partial charge in [0.15, 0.2) is 11.6 Å². The van der Waals surface area contributed by atoms with Crippen molar-refractivity contribution in [3.63, 3.8) is 0 Å². The molecule has 17 heavy (non-hydrogen) atoms. The van der Waals surface area contributed by atoms with Crippen LogP contribution in [0.1, 0.15) is 10.7 Å². The normalized spacial score (nSPS) is 10.5. The van der Waals surface area contributed by atoms with Crippen molar-refractivity contribution in [3.8, 4) is 5.75 Å². The van der Waals surface area contributed by atoms with Gasteiger partial charge < -0.3 is 10.1 Å². The van der Waals surface area contributed by atoms with Crippen LogP contribution in [0, 0.1) is 5.82 Å². The third kappa shape index (κ3) is 3.25. The topological polar surface area (TPSA) is 34.2 Å². The Morgan fingerprint density at radius 1 is 1.41 bits per heavy atom. The van der Waals surface area contributed by atoms with Crippen LogP contribution in [0.3, 0.4) is 0 Å². The summed E-state index contributed by atoms with van der Waals surface area (Å²) in [6.45, 7) is 1.03. The van der Waals surface area contributed by atoms with Gasteiger partial charge in [0.2, 0.25) is 0 Å². The number of hydrogen-bond donors (Lipinski definition) is 1. The molecule has 0 fully saturated rings. The fraction of sp³-hybridized carbons (Fsp3) is 0.250. The Hall–Kier alpha value is -1.46. The Morgan fingerprint density at radius 3 is 3.00 bits per heavy atom. The molecule has 0 radical (unpaired) electrons. The minimum Gasteiger partial charge on any atom is -0.484 e. The van der Waals surface area contributed by atoms with Crippen LogP contribution in [0.15, 0.2) is 29.6 Å². The molecule has 0 aliphatic rings. The van der Waals surface area contributed by atoms with Crippen LogP contribution >= 0.6 is 11.3 Å². The highest BCUT2D eigenvalue weighted by molar-refractivity contribution is 7.09. The fourth-order valence-electron chi connectivity index (χ4n) is 1.36. The zero-order valence-electron chi connectivity index (χ0n) is 9.44. The summed E-state index contributed by atoms with van der Waals surface area (Å²) in [6.07, 6.45) is 0. The highest BCUT2D eigenvalue weighted by atomic mass is 32.1. The van der Waals surface area contributed by atoms with E-state index in [2.05, 4.69) is 10.3 Å². The second-order valence-corrected chi connectivity index (χ2v) is 4.42. The van der Waals surface area contributed by atoms with Crippen LogP contribution in [0.5, 0.6) is 5.75 Å². The molecule has 90 valence electrons. The smallest absolute Gasteiger partial charge is 0.165 e. The van der Waals surface area contributed by atoms with Gasteiger partial charge in [0.1, 0.15) is 11.6 Å². The van der Waals surface area contributed by atoms with Gasteiger partial charge in [-0.25, -0.2) is 9.37 Å². The van der Waals surface area contributed by atoms with Gasteiger partial charge in [0, 0.05) is 11.9 Å². The van der Waals surface area contributed by atoms with Crippen molar-refractivity contribution in [1.82, 2.24) is 10.3 Å². The van der Waals surface area contributed by atoms with E-state index < -0.39 is 0 Å². The summed E-state index contributed by atoms with van der Waals surface area (Å²) in [4.78, 5) is 4.35. The Bertz CT molecular complexity index is 487. The first-order valence-electron chi connectivity index (χ1n) is 5.25. The maximum Gasteiger partial charge on any atom is 0.165 e. The lowest BCUT2D eigenvalue weighted by Gasteiger charge is -2.04. The number of thiazole rings is 1. The average molecular weight is 252 g/mol. The number of hydrogen-bond acceptors (Lipinski definition) is 4. The van der Waals surface area contributed by atoms with Crippen molar-refractivity contribution in [2.24, 2.45) is 0 Å². The zero-order valence-corrected chi connectivity index (χ0v) is 10.3. The summed E-state index contributed by atoms with van der Waals surface area (Å²) in [7, 11) is 1.87. The largest absolute Gasteiger partial charge is 0.484 e. The van der Waals surface area contributed by atoms with Crippen molar-refractivity contribution >= 4 is 11.3 Å². The summed E-state index contributed by atoms with van der Waals surface area (Å²) < 4.78 is 18.6. The first kappa shape index (κ1) is 12.0. The van der Waals surface area contributed by atoms with Gasteiger partial charge in [-0.1, -0.05) is 12.1 Å². The SMILES string of the molecule is CNCc1nc(COc2ccccc2F)cs1. The number of para-hydroxylation sites is 1. The fourth-order valence-corrected chi connectivity index (χ4v) is 2.15. The maximum absolute atomic E-state index is 13.3. The molecular weight excluding hydrogens is 239 g/mol. The van der Waals surface area contributed by atoms with Crippen LogP contribution in [0.2, 0.25) is 0 Å². The van der Waals surface area contributed by atoms with E-state index in [-0.39, 0.29) is 11.6 Å². The lowest BCUT2D eigenvalue weighted by molar-refractivity contribution is 0.286. The predicted octanol–water partition coefficient (Wildman–Crippen LogP) is 2.58. The summed E-state index contributed by atoms with van der Waals surface area (Å²) in [5.41, 5.74) is 0.823. The Kier molecular flexibility index (Phi) is 4.06. The zero-order chi connectivity index (χ0) is 12.1. The van der Waals surface area contributed by atoms with Gasteiger partial charge >= 0.3 is 0 Å². The molecule has 0 aliphatic carbocycles. The number of ether oxygens (including phenoxy) is 1. The highest BCUT2D eigenvalue weighted by Gasteiger charge is 2.04. The minimum atomic E-state index is -0.349. The van der Waals surface area contributed by atoms with Crippen LogP contribution in [-0.4, -0.2) is 12.0 Å². The Morgan fingerprint density at radius 2 is 2.24 bits per heavy atom. The molecule has 2 aromatic rings. The van der Waals surface area contributed by atoms with E-state index in [0.717, 1.165) is 17.2 Å². The molecule has 1 heterocycles. The standard InChI is InChI=1S/C12H13FN2OS/c1-14-6-12-15-9(8-17-12)7-16-11-5-3-2-4-10(11)13/h2-5,8,14H,6-7H2,1H3.